The summed E-state index contributed by atoms with van der Waals surface area (Å²) in [4.78, 5) is 7.18. The van der Waals surface area contributed by atoms with Crippen LogP contribution in [0.2, 0.25) is 0 Å². The fourth-order valence-corrected chi connectivity index (χ4v) is 3.67. The van der Waals surface area contributed by atoms with Gasteiger partial charge in [0.25, 0.3) is 0 Å². The highest BCUT2D eigenvalue weighted by Crippen LogP contribution is 2.21. The van der Waals surface area contributed by atoms with Crippen molar-refractivity contribution in [3.05, 3.63) is 30.1 Å². The van der Waals surface area contributed by atoms with Crippen LogP contribution in [0.1, 0.15) is 12.8 Å². The summed E-state index contributed by atoms with van der Waals surface area (Å²) in [7, 11) is 2.22. The molecule has 2 aliphatic rings. The number of rotatable bonds is 3. The molecule has 0 bridgehead atoms. The standard InChI is InChI=1S/C17H26FN3/c1-19-8-4-5-15(13-19)14-20-9-11-21(12-10-20)17-7-3-2-6-16(17)18/h2-3,6-7,15H,4-5,8-14H2,1H3/t15-/m0/s1. The Kier molecular flexibility index (Phi) is 4.76. The van der Waals surface area contributed by atoms with Crippen molar-refractivity contribution in [2.45, 2.75) is 12.8 Å². The Labute approximate surface area is 127 Å². The topological polar surface area (TPSA) is 9.72 Å². The second-order valence-corrected chi connectivity index (χ2v) is 6.51. The third-order valence-corrected chi connectivity index (χ3v) is 4.80. The van der Waals surface area contributed by atoms with E-state index in [1.165, 1.54) is 32.5 Å². The van der Waals surface area contributed by atoms with Crippen molar-refractivity contribution in [2.24, 2.45) is 5.92 Å². The second-order valence-electron chi connectivity index (χ2n) is 6.51. The molecule has 21 heavy (non-hydrogen) atoms. The molecule has 2 heterocycles. The van der Waals surface area contributed by atoms with Crippen LogP contribution < -0.4 is 4.90 Å². The number of benzene rings is 1. The summed E-state index contributed by atoms with van der Waals surface area (Å²) in [5.74, 6) is 0.712. The van der Waals surface area contributed by atoms with Crippen LogP contribution in [-0.4, -0.2) is 62.7 Å². The third-order valence-electron chi connectivity index (χ3n) is 4.80. The summed E-state index contributed by atoms with van der Waals surface area (Å²) >= 11 is 0. The number of hydrogen-bond donors (Lipinski definition) is 0. The Balaban J connectivity index is 1.50. The minimum absolute atomic E-state index is 0.0974. The maximum atomic E-state index is 13.8. The van der Waals surface area contributed by atoms with E-state index in [0.717, 1.165) is 37.8 Å². The number of piperidine rings is 1. The van der Waals surface area contributed by atoms with Gasteiger partial charge in [-0.05, 0) is 44.5 Å². The van der Waals surface area contributed by atoms with Gasteiger partial charge in [-0.2, -0.15) is 0 Å². The summed E-state index contributed by atoms with van der Waals surface area (Å²) in [5, 5.41) is 0. The van der Waals surface area contributed by atoms with Crippen LogP contribution in [0, 0.1) is 11.7 Å². The molecule has 3 nitrogen and oxygen atoms in total. The smallest absolute Gasteiger partial charge is 0.146 e. The molecule has 1 aromatic rings. The van der Waals surface area contributed by atoms with Crippen molar-refractivity contribution in [1.82, 2.24) is 9.80 Å². The first kappa shape index (κ1) is 14.8. The van der Waals surface area contributed by atoms with Crippen molar-refractivity contribution in [3.8, 4) is 0 Å². The monoisotopic (exact) mass is 291 g/mol. The molecule has 2 saturated heterocycles. The van der Waals surface area contributed by atoms with Crippen LogP contribution in [0.5, 0.6) is 0 Å². The largest absolute Gasteiger partial charge is 0.367 e. The molecule has 116 valence electrons. The Morgan fingerprint density at radius 1 is 1.10 bits per heavy atom. The molecule has 0 saturated carbocycles. The average Bonchev–Trinajstić information content (AvgIpc) is 2.49. The van der Waals surface area contributed by atoms with E-state index in [1.54, 1.807) is 12.1 Å². The number of anilines is 1. The van der Waals surface area contributed by atoms with Gasteiger partial charge >= 0.3 is 0 Å². The van der Waals surface area contributed by atoms with Crippen LogP contribution >= 0.6 is 0 Å². The van der Waals surface area contributed by atoms with Crippen molar-refractivity contribution in [1.29, 1.82) is 0 Å². The first-order valence-electron chi connectivity index (χ1n) is 8.13. The maximum Gasteiger partial charge on any atom is 0.146 e. The lowest BCUT2D eigenvalue weighted by Crippen LogP contribution is -2.49. The average molecular weight is 291 g/mol. The highest BCUT2D eigenvalue weighted by molar-refractivity contribution is 5.47. The molecular formula is C17H26FN3. The molecule has 0 N–H and O–H groups in total. The predicted octanol–water partition coefficient (Wildman–Crippen LogP) is 2.29. The number of hydrogen-bond acceptors (Lipinski definition) is 3. The van der Waals surface area contributed by atoms with Gasteiger partial charge in [-0.15, -0.1) is 0 Å². The minimum atomic E-state index is -0.0974. The zero-order chi connectivity index (χ0) is 14.7. The first-order valence-corrected chi connectivity index (χ1v) is 8.13. The number of halogens is 1. The Bertz CT molecular complexity index is 457. The summed E-state index contributed by atoms with van der Waals surface area (Å²) < 4.78 is 13.8. The number of para-hydroxylation sites is 1. The maximum absolute atomic E-state index is 13.8. The highest BCUT2D eigenvalue weighted by atomic mass is 19.1. The molecule has 1 atom stereocenters. The van der Waals surface area contributed by atoms with Gasteiger partial charge in [-0.25, -0.2) is 4.39 Å². The quantitative estimate of drug-likeness (QED) is 0.846. The Morgan fingerprint density at radius 2 is 1.86 bits per heavy atom. The van der Waals surface area contributed by atoms with E-state index in [2.05, 4.69) is 21.7 Å². The molecule has 0 unspecified atom stereocenters. The van der Waals surface area contributed by atoms with E-state index in [-0.39, 0.29) is 5.82 Å². The van der Waals surface area contributed by atoms with Crippen molar-refractivity contribution in [3.63, 3.8) is 0 Å². The second kappa shape index (κ2) is 6.75. The minimum Gasteiger partial charge on any atom is -0.367 e. The van der Waals surface area contributed by atoms with Crippen LogP contribution in [-0.2, 0) is 0 Å². The SMILES string of the molecule is CN1CCC[C@H](CN2CCN(c3ccccc3F)CC2)C1. The van der Waals surface area contributed by atoms with Gasteiger partial charge in [0.15, 0.2) is 0 Å². The zero-order valence-corrected chi connectivity index (χ0v) is 13.0. The number of piperazine rings is 1. The molecule has 0 aromatic heterocycles. The normalized spacial score (nSPS) is 25.2. The fraction of sp³-hybridized carbons (Fsp3) is 0.647. The van der Waals surface area contributed by atoms with E-state index in [1.807, 2.05) is 12.1 Å². The van der Waals surface area contributed by atoms with Gasteiger partial charge < -0.3 is 9.80 Å². The molecular weight excluding hydrogens is 265 g/mol. The summed E-state index contributed by atoms with van der Waals surface area (Å²) in [6.45, 7) is 7.65. The zero-order valence-electron chi connectivity index (χ0n) is 13.0. The molecule has 0 spiro atoms. The van der Waals surface area contributed by atoms with Crippen LogP contribution in [0.4, 0.5) is 10.1 Å². The van der Waals surface area contributed by atoms with Gasteiger partial charge in [-0.3, -0.25) is 4.90 Å². The molecule has 0 radical (unpaired) electrons. The number of likely N-dealkylation sites (tertiary alicyclic amines) is 1. The lowest BCUT2D eigenvalue weighted by Gasteiger charge is -2.39. The van der Waals surface area contributed by atoms with E-state index >= 15 is 0 Å². The van der Waals surface area contributed by atoms with E-state index in [0.29, 0.717) is 0 Å². The van der Waals surface area contributed by atoms with Gasteiger partial charge in [0, 0.05) is 39.3 Å². The molecule has 4 heteroatoms. The predicted molar refractivity (Wildman–Crippen MR) is 85.3 cm³/mol. The van der Waals surface area contributed by atoms with Crippen molar-refractivity contribution in [2.75, 3.05) is 57.8 Å². The third kappa shape index (κ3) is 3.74. The molecule has 1 aromatic carbocycles. The van der Waals surface area contributed by atoms with Gasteiger partial charge in [-0.1, -0.05) is 12.1 Å². The molecule has 2 fully saturated rings. The number of nitrogens with zero attached hydrogens (tertiary/aromatic N) is 3. The van der Waals surface area contributed by atoms with Crippen molar-refractivity contribution >= 4 is 5.69 Å². The van der Waals surface area contributed by atoms with E-state index in [9.17, 15) is 4.39 Å². The lowest BCUT2D eigenvalue weighted by molar-refractivity contribution is 0.147. The molecule has 0 amide bonds. The first-order chi connectivity index (χ1) is 10.2. The highest BCUT2D eigenvalue weighted by Gasteiger charge is 2.23. The molecule has 0 aliphatic carbocycles. The van der Waals surface area contributed by atoms with Gasteiger partial charge in [0.2, 0.25) is 0 Å². The fourth-order valence-electron chi connectivity index (χ4n) is 3.67. The Hall–Kier alpha value is -1.13. The van der Waals surface area contributed by atoms with E-state index in [4.69, 9.17) is 0 Å². The summed E-state index contributed by atoms with van der Waals surface area (Å²) in [5.41, 5.74) is 0.759. The van der Waals surface area contributed by atoms with Crippen molar-refractivity contribution < 1.29 is 4.39 Å². The molecule has 3 rings (SSSR count). The summed E-state index contributed by atoms with van der Waals surface area (Å²) in [6, 6.07) is 7.12. The van der Waals surface area contributed by atoms with Gasteiger partial charge in [0.05, 0.1) is 5.69 Å². The van der Waals surface area contributed by atoms with Crippen LogP contribution in [0.25, 0.3) is 0 Å². The summed E-state index contributed by atoms with van der Waals surface area (Å²) in [6.07, 6.45) is 2.69. The van der Waals surface area contributed by atoms with E-state index < -0.39 is 0 Å². The van der Waals surface area contributed by atoms with Crippen LogP contribution in [0.15, 0.2) is 24.3 Å². The lowest BCUT2D eigenvalue weighted by atomic mass is 9.97. The molecule has 2 aliphatic heterocycles. The van der Waals surface area contributed by atoms with Crippen LogP contribution in [0.3, 0.4) is 0 Å². The van der Waals surface area contributed by atoms with Gasteiger partial charge in [0.1, 0.15) is 5.82 Å². The Morgan fingerprint density at radius 3 is 2.57 bits per heavy atom.